The lowest BCUT2D eigenvalue weighted by atomic mass is 10.1. The number of ether oxygens (including phenoxy) is 1. The second-order valence-corrected chi connectivity index (χ2v) is 3.72. The summed E-state index contributed by atoms with van der Waals surface area (Å²) >= 11 is 0. The predicted octanol–water partition coefficient (Wildman–Crippen LogP) is 3.63. The molecule has 0 saturated heterocycles. The summed E-state index contributed by atoms with van der Waals surface area (Å²) in [6.45, 7) is 4.94. The molecule has 0 saturated carbocycles. The molecule has 1 nitrogen and oxygen atoms in total. The number of benzene rings is 1. The molecule has 0 amide bonds. The molecule has 1 heteroatoms. The highest BCUT2D eigenvalue weighted by Crippen LogP contribution is 2.04. The molecule has 0 N–H and O–H groups in total. The Kier molecular flexibility index (Phi) is 6.37. The number of hydrogen-bond donors (Lipinski definition) is 0. The first-order valence-electron chi connectivity index (χ1n) is 6.05. The minimum Gasteiger partial charge on any atom is -0.366 e. The van der Waals surface area contributed by atoms with Gasteiger partial charge in [0, 0.05) is 12.2 Å². The van der Waals surface area contributed by atoms with Gasteiger partial charge in [-0.2, -0.15) is 0 Å². The SMILES string of the molecule is CCCCC(C#Cc1ccccc1)OCC. The zero-order valence-corrected chi connectivity index (χ0v) is 10.2. The molecule has 0 aromatic heterocycles. The quantitative estimate of drug-likeness (QED) is 0.683. The van der Waals surface area contributed by atoms with Crippen molar-refractivity contribution in [1.82, 2.24) is 0 Å². The molecule has 1 aromatic rings. The molecule has 1 unspecified atom stereocenters. The lowest BCUT2D eigenvalue weighted by Crippen LogP contribution is -2.10. The van der Waals surface area contributed by atoms with Crippen LogP contribution in [0.5, 0.6) is 0 Å². The van der Waals surface area contributed by atoms with Crippen LogP contribution >= 0.6 is 0 Å². The summed E-state index contributed by atoms with van der Waals surface area (Å²) in [5.41, 5.74) is 1.06. The van der Waals surface area contributed by atoms with E-state index in [1.165, 1.54) is 12.8 Å². The Balaban J connectivity index is 2.56. The standard InChI is InChI=1S/C15H20O/c1-3-5-11-15(16-4-2)13-12-14-9-7-6-8-10-14/h6-10,15H,3-5,11H2,1-2H3. The van der Waals surface area contributed by atoms with Gasteiger partial charge in [0.05, 0.1) is 0 Å². The molecular formula is C15H20O. The van der Waals surface area contributed by atoms with Crippen LogP contribution in [0.4, 0.5) is 0 Å². The fourth-order valence-electron chi connectivity index (χ4n) is 1.47. The van der Waals surface area contributed by atoms with E-state index in [0.29, 0.717) is 0 Å². The van der Waals surface area contributed by atoms with Gasteiger partial charge in [0.15, 0.2) is 0 Å². The summed E-state index contributed by atoms with van der Waals surface area (Å²) < 4.78 is 5.59. The summed E-state index contributed by atoms with van der Waals surface area (Å²) in [6.07, 6.45) is 3.49. The summed E-state index contributed by atoms with van der Waals surface area (Å²) in [5, 5.41) is 0. The fourth-order valence-corrected chi connectivity index (χ4v) is 1.47. The van der Waals surface area contributed by atoms with Crippen LogP contribution in [-0.2, 0) is 4.74 Å². The average molecular weight is 216 g/mol. The van der Waals surface area contributed by atoms with Crippen molar-refractivity contribution in [3.8, 4) is 11.8 Å². The van der Waals surface area contributed by atoms with Crippen molar-refractivity contribution in [3.05, 3.63) is 35.9 Å². The highest BCUT2D eigenvalue weighted by Gasteiger charge is 2.02. The van der Waals surface area contributed by atoms with Crippen LogP contribution in [0.2, 0.25) is 0 Å². The predicted molar refractivity (Wildman–Crippen MR) is 68.3 cm³/mol. The Morgan fingerprint density at radius 1 is 1.19 bits per heavy atom. The Hall–Kier alpha value is -1.26. The second-order valence-electron chi connectivity index (χ2n) is 3.72. The molecule has 1 rings (SSSR count). The van der Waals surface area contributed by atoms with E-state index in [2.05, 4.69) is 18.8 Å². The van der Waals surface area contributed by atoms with Gasteiger partial charge in [-0.1, -0.05) is 49.8 Å². The third-order valence-corrected chi connectivity index (χ3v) is 2.34. The van der Waals surface area contributed by atoms with Crippen molar-refractivity contribution in [3.63, 3.8) is 0 Å². The summed E-state index contributed by atoms with van der Waals surface area (Å²) in [4.78, 5) is 0. The molecule has 0 aliphatic heterocycles. The first-order chi connectivity index (χ1) is 7.86. The normalized spacial score (nSPS) is 11.6. The van der Waals surface area contributed by atoms with E-state index >= 15 is 0 Å². The van der Waals surface area contributed by atoms with Gasteiger partial charge in [0.2, 0.25) is 0 Å². The van der Waals surface area contributed by atoms with Crippen LogP contribution in [0.3, 0.4) is 0 Å². The van der Waals surface area contributed by atoms with Gasteiger partial charge in [-0.15, -0.1) is 0 Å². The van der Waals surface area contributed by atoms with Gasteiger partial charge >= 0.3 is 0 Å². The van der Waals surface area contributed by atoms with E-state index < -0.39 is 0 Å². The van der Waals surface area contributed by atoms with E-state index in [4.69, 9.17) is 4.74 Å². The molecule has 86 valence electrons. The van der Waals surface area contributed by atoms with Crippen LogP contribution in [0, 0.1) is 11.8 Å². The van der Waals surface area contributed by atoms with E-state index in [1.54, 1.807) is 0 Å². The Bertz CT molecular complexity index is 331. The third-order valence-electron chi connectivity index (χ3n) is 2.34. The minimum atomic E-state index is 0.0881. The highest BCUT2D eigenvalue weighted by molar-refractivity contribution is 5.34. The monoisotopic (exact) mass is 216 g/mol. The third kappa shape index (κ3) is 5.00. The summed E-state index contributed by atoms with van der Waals surface area (Å²) in [7, 11) is 0. The van der Waals surface area contributed by atoms with E-state index in [0.717, 1.165) is 18.6 Å². The smallest absolute Gasteiger partial charge is 0.118 e. The molecule has 1 atom stereocenters. The minimum absolute atomic E-state index is 0.0881. The number of hydrogen-bond acceptors (Lipinski definition) is 1. The van der Waals surface area contributed by atoms with Crippen molar-refractivity contribution >= 4 is 0 Å². The Labute approximate surface area is 98.8 Å². The molecule has 0 aliphatic rings. The topological polar surface area (TPSA) is 9.23 Å². The van der Waals surface area contributed by atoms with Crippen LogP contribution in [0.15, 0.2) is 30.3 Å². The van der Waals surface area contributed by atoms with Gasteiger partial charge in [0.25, 0.3) is 0 Å². The van der Waals surface area contributed by atoms with Crippen LogP contribution in [-0.4, -0.2) is 12.7 Å². The fraction of sp³-hybridized carbons (Fsp3) is 0.467. The average Bonchev–Trinajstić information content (AvgIpc) is 2.34. The lowest BCUT2D eigenvalue weighted by Gasteiger charge is -2.09. The Morgan fingerprint density at radius 3 is 2.56 bits per heavy atom. The van der Waals surface area contributed by atoms with Gasteiger partial charge in [-0.05, 0) is 25.5 Å². The first-order valence-corrected chi connectivity index (χ1v) is 6.05. The maximum absolute atomic E-state index is 5.59. The molecule has 0 fully saturated rings. The molecule has 0 aliphatic carbocycles. The molecule has 0 heterocycles. The summed E-state index contributed by atoms with van der Waals surface area (Å²) in [6, 6.07) is 10.1. The van der Waals surface area contributed by atoms with Crippen molar-refractivity contribution in [2.75, 3.05) is 6.61 Å². The molecule has 16 heavy (non-hydrogen) atoms. The molecular weight excluding hydrogens is 196 g/mol. The molecule has 0 radical (unpaired) electrons. The highest BCUT2D eigenvalue weighted by atomic mass is 16.5. The van der Waals surface area contributed by atoms with Gasteiger partial charge in [0.1, 0.15) is 6.10 Å². The first kappa shape index (κ1) is 12.8. The zero-order valence-electron chi connectivity index (χ0n) is 10.2. The maximum atomic E-state index is 5.59. The summed E-state index contributed by atoms with van der Waals surface area (Å²) in [5.74, 6) is 6.36. The molecule has 0 spiro atoms. The zero-order chi connectivity index (χ0) is 11.6. The molecule has 0 bridgehead atoms. The van der Waals surface area contributed by atoms with Crippen molar-refractivity contribution < 1.29 is 4.74 Å². The number of rotatable bonds is 5. The Morgan fingerprint density at radius 2 is 1.94 bits per heavy atom. The van der Waals surface area contributed by atoms with Crippen molar-refractivity contribution in [2.24, 2.45) is 0 Å². The van der Waals surface area contributed by atoms with Crippen LogP contribution in [0.25, 0.3) is 0 Å². The lowest BCUT2D eigenvalue weighted by molar-refractivity contribution is 0.0952. The van der Waals surface area contributed by atoms with Gasteiger partial charge < -0.3 is 4.74 Å². The second kappa shape index (κ2) is 7.96. The van der Waals surface area contributed by atoms with Gasteiger partial charge in [-0.25, -0.2) is 0 Å². The maximum Gasteiger partial charge on any atom is 0.118 e. The van der Waals surface area contributed by atoms with E-state index in [1.807, 2.05) is 37.3 Å². The number of unbranched alkanes of at least 4 members (excludes halogenated alkanes) is 1. The van der Waals surface area contributed by atoms with Crippen molar-refractivity contribution in [1.29, 1.82) is 0 Å². The van der Waals surface area contributed by atoms with Crippen molar-refractivity contribution in [2.45, 2.75) is 39.2 Å². The van der Waals surface area contributed by atoms with E-state index in [-0.39, 0.29) is 6.10 Å². The van der Waals surface area contributed by atoms with Crippen LogP contribution in [0.1, 0.15) is 38.7 Å². The van der Waals surface area contributed by atoms with E-state index in [9.17, 15) is 0 Å². The molecule has 1 aromatic carbocycles. The largest absolute Gasteiger partial charge is 0.366 e. The van der Waals surface area contributed by atoms with Crippen LogP contribution < -0.4 is 0 Å². The van der Waals surface area contributed by atoms with Gasteiger partial charge in [-0.3, -0.25) is 0 Å².